The predicted molar refractivity (Wildman–Crippen MR) is 102 cm³/mol. The van der Waals surface area contributed by atoms with E-state index in [-0.39, 0.29) is 0 Å². The molecule has 2 aliphatic heterocycles. The van der Waals surface area contributed by atoms with Crippen molar-refractivity contribution >= 4 is 8.64 Å². The van der Waals surface area contributed by atoms with Crippen molar-refractivity contribution in [3.63, 3.8) is 0 Å². The fourth-order valence-electron chi connectivity index (χ4n) is 6.41. The highest BCUT2D eigenvalue weighted by Crippen LogP contribution is 2.41. The van der Waals surface area contributed by atoms with Gasteiger partial charge >= 0.3 is 8.64 Å². The highest BCUT2D eigenvalue weighted by atomic mass is 28.4. The summed E-state index contributed by atoms with van der Waals surface area (Å²) in [5, 5.41) is 0. The van der Waals surface area contributed by atoms with Gasteiger partial charge in [0, 0.05) is 7.11 Å². The van der Waals surface area contributed by atoms with E-state index in [1.54, 1.807) is 0 Å². The lowest BCUT2D eigenvalue weighted by molar-refractivity contribution is 0.0694. The lowest BCUT2D eigenvalue weighted by Crippen LogP contribution is -2.69. The Bertz CT molecular complexity index is 398. The Morgan fingerprint density at radius 3 is 1.50 bits per heavy atom. The average molecular weight is 351 g/mol. The smallest absolute Gasteiger partial charge is 0.353 e. The van der Waals surface area contributed by atoms with Gasteiger partial charge in [-0.15, -0.1) is 0 Å². The summed E-state index contributed by atoms with van der Waals surface area (Å²) in [6, 6.07) is 0. The van der Waals surface area contributed by atoms with Gasteiger partial charge in [-0.05, 0) is 82.1 Å². The number of fused-ring (bicyclic) bond motifs is 2. The highest BCUT2D eigenvalue weighted by Gasteiger charge is 2.49. The van der Waals surface area contributed by atoms with Crippen LogP contribution in [0.5, 0.6) is 0 Å². The molecule has 3 nitrogen and oxygen atoms in total. The van der Waals surface area contributed by atoms with Crippen molar-refractivity contribution in [1.82, 2.24) is 9.13 Å². The molecule has 2 saturated carbocycles. The summed E-state index contributed by atoms with van der Waals surface area (Å²) in [4.78, 5) is 0. The standard InChI is InChI=1S/C20H38N2OSi/c1-23-24(2,21-13-11-17-7-3-5-9-19(17)15-21)22-14-12-18-8-4-6-10-20(18)16-22/h17-20H,3-16H2,1-2H3. The molecule has 0 aromatic heterocycles. The molecular formula is C20H38N2OSi. The first kappa shape index (κ1) is 17.5. The lowest BCUT2D eigenvalue weighted by atomic mass is 9.76. The van der Waals surface area contributed by atoms with Gasteiger partial charge in [0.05, 0.1) is 0 Å². The number of nitrogens with zero attached hydrogens (tertiary/aromatic N) is 2. The second-order valence-corrected chi connectivity index (χ2v) is 12.8. The van der Waals surface area contributed by atoms with Crippen LogP contribution in [-0.4, -0.2) is 51.1 Å². The van der Waals surface area contributed by atoms with Gasteiger partial charge in [-0.3, -0.25) is 9.13 Å². The maximum atomic E-state index is 6.37. The van der Waals surface area contributed by atoms with Crippen molar-refractivity contribution in [3.8, 4) is 0 Å². The molecule has 2 saturated heterocycles. The van der Waals surface area contributed by atoms with E-state index in [1.807, 2.05) is 7.11 Å². The SMILES string of the molecule is CO[Si](C)(N1CCC2CCCCC2C1)N1CCC2CCCCC2C1. The number of hydrogen-bond acceptors (Lipinski definition) is 3. The molecule has 0 radical (unpaired) electrons. The molecule has 24 heavy (non-hydrogen) atoms. The van der Waals surface area contributed by atoms with Crippen molar-refractivity contribution in [3.05, 3.63) is 0 Å². The van der Waals surface area contributed by atoms with E-state index in [0.717, 1.165) is 23.7 Å². The zero-order valence-electron chi connectivity index (χ0n) is 16.0. The zero-order chi connectivity index (χ0) is 16.6. The molecule has 2 aliphatic carbocycles. The molecule has 0 bridgehead atoms. The Kier molecular flexibility index (Phi) is 5.38. The van der Waals surface area contributed by atoms with Crippen LogP contribution >= 0.6 is 0 Å². The van der Waals surface area contributed by atoms with Gasteiger partial charge in [0.15, 0.2) is 0 Å². The quantitative estimate of drug-likeness (QED) is 0.709. The highest BCUT2D eigenvalue weighted by molar-refractivity contribution is 6.66. The van der Waals surface area contributed by atoms with Crippen LogP contribution in [0.15, 0.2) is 0 Å². The second-order valence-electron chi connectivity index (χ2n) is 9.22. The molecule has 4 atom stereocenters. The Morgan fingerprint density at radius 2 is 1.08 bits per heavy atom. The Labute approximate surface area is 150 Å². The third-order valence-corrected chi connectivity index (χ3v) is 12.1. The van der Waals surface area contributed by atoms with Gasteiger partial charge in [0.25, 0.3) is 0 Å². The van der Waals surface area contributed by atoms with Crippen LogP contribution in [0, 0.1) is 23.7 Å². The molecule has 0 aromatic carbocycles. The fourth-order valence-corrected chi connectivity index (χ4v) is 9.56. The summed E-state index contributed by atoms with van der Waals surface area (Å²) in [6.07, 6.45) is 14.7. The minimum atomic E-state index is -1.91. The summed E-state index contributed by atoms with van der Waals surface area (Å²) in [6.45, 7) is 7.74. The molecule has 4 unspecified atom stereocenters. The lowest BCUT2D eigenvalue weighted by Gasteiger charge is -2.53. The molecule has 0 N–H and O–H groups in total. The molecule has 2 heterocycles. The van der Waals surface area contributed by atoms with Gasteiger partial charge < -0.3 is 4.43 Å². The summed E-state index contributed by atoms with van der Waals surface area (Å²) in [5.74, 6) is 3.96. The van der Waals surface area contributed by atoms with Gasteiger partial charge in [0.2, 0.25) is 0 Å². The van der Waals surface area contributed by atoms with E-state index < -0.39 is 8.64 Å². The average Bonchev–Trinajstić information content (AvgIpc) is 2.66. The third-order valence-electron chi connectivity index (χ3n) is 8.14. The summed E-state index contributed by atoms with van der Waals surface area (Å²) >= 11 is 0. The molecule has 4 aliphatic rings. The Hall–Kier alpha value is 0.0969. The predicted octanol–water partition coefficient (Wildman–Crippen LogP) is 4.23. The fraction of sp³-hybridized carbons (Fsp3) is 1.00. The molecule has 4 fully saturated rings. The van der Waals surface area contributed by atoms with E-state index >= 15 is 0 Å². The van der Waals surface area contributed by atoms with Gasteiger partial charge in [0.1, 0.15) is 0 Å². The van der Waals surface area contributed by atoms with E-state index in [1.165, 1.54) is 90.4 Å². The maximum absolute atomic E-state index is 6.37. The second kappa shape index (κ2) is 7.38. The zero-order valence-corrected chi connectivity index (χ0v) is 17.0. The number of rotatable bonds is 3. The first-order chi connectivity index (χ1) is 11.7. The van der Waals surface area contributed by atoms with Crippen molar-refractivity contribution in [2.24, 2.45) is 23.7 Å². The van der Waals surface area contributed by atoms with E-state index in [9.17, 15) is 0 Å². The monoisotopic (exact) mass is 350 g/mol. The summed E-state index contributed by atoms with van der Waals surface area (Å²) < 4.78 is 12.0. The molecular weight excluding hydrogens is 312 g/mol. The van der Waals surface area contributed by atoms with Crippen LogP contribution in [0.3, 0.4) is 0 Å². The summed E-state index contributed by atoms with van der Waals surface area (Å²) in [7, 11) is 0.0984. The summed E-state index contributed by atoms with van der Waals surface area (Å²) in [5.41, 5.74) is 0. The van der Waals surface area contributed by atoms with Gasteiger partial charge in [-0.1, -0.05) is 38.5 Å². The number of piperidine rings is 2. The normalized spacial score (nSPS) is 41.2. The Balaban J connectivity index is 1.44. The molecule has 0 spiro atoms. The van der Waals surface area contributed by atoms with Crippen LogP contribution < -0.4 is 0 Å². The third kappa shape index (κ3) is 3.24. The minimum Gasteiger partial charge on any atom is -0.395 e. The van der Waals surface area contributed by atoms with Crippen molar-refractivity contribution in [2.75, 3.05) is 33.3 Å². The topological polar surface area (TPSA) is 15.7 Å². The van der Waals surface area contributed by atoms with Gasteiger partial charge in [-0.2, -0.15) is 0 Å². The largest absolute Gasteiger partial charge is 0.395 e. The van der Waals surface area contributed by atoms with Crippen LogP contribution in [0.1, 0.15) is 64.2 Å². The van der Waals surface area contributed by atoms with Crippen molar-refractivity contribution < 1.29 is 4.43 Å². The van der Waals surface area contributed by atoms with Crippen molar-refractivity contribution in [2.45, 2.75) is 70.8 Å². The van der Waals surface area contributed by atoms with E-state index in [4.69, 9.17) is 4.43 Å². The molecule has 4 rings (SSSR count). The maximum Gasteiger partial charge on any atom is 0.353 e. The van der Waals surface area contributed by atoms with E-state index in [2.05, 4.69) is 15.7 Å². The first-order valence-corrected chi connectivity index (χ1v) is 13.1. The van der Waals surface area contributed by atoms with Crippen LogP contribution in [0.25, 0.3) is 0 Å². The van der Waals surface area contributed by atoms with Crippen LogP contribution in [0.2, 0.25) is 6.55 Å². The van der Waals surface area contributed by atoms with Crippen LogP contribution in [0.4, 0.5) is 0 Å². The molecule has 4 heteroatoms. The first-order valence-electron chi connectivity index (χ1n) is 10.8. The van der Waals surface area contributed by atoms with Gasteiger partial charge in [-0.25, -0.2) is 0 Å². The molecule has 0 amide bonds. The van der Waals surface area contributed by atoms with Crippen LogP contribution in [-0.2, 0) is 4.43 Å². The molecule has 0 aromatic rings. The number of hydrogen-bond donors (Lipinski definition) is 0. The van der Waals surface area contributed by atoms with E-state index in [0.29, 0.717) is 0 Å². The van der Waals surface area contributed by atoms with Crippen molar-refractivity contribution in [1.29, 1.82) is 0 Å². The molecule has 138 valence electrons. The minimum absolute atomic E-state index is 0.960. The Morgan fingerprint density at radius 1 is 0.667 bits per heavy atom.